The number of rotatable bonds is 3. The number of hydrogen-bond donors (Lipinski definition) is 2. The molecule has 94 valence electrons. The summed E-state index contributed by atoms with van der Waals surface area (Å²) in [5.74, 6) is 1.39. The van der Waals surface area contributed by atoms with Crippen LogP contribution in [0.1, 0.15) is 37.1 Å². The first kappa shape index (κ1) is 12.1. The molecule has 1 unspecified atom stereocenters. The van der Waals surface area contributed by atoms with Gasteiger partial charge in [-0.25, -0.2) is 4.98 Å². The van der Waals surface area contributed by atoms with Crippen LogP contribution in [-0.2, 0) is 11.3 Å². The average molecular weight is 237 g/mol. The van der Waals surface area contributed by atoms with Crippen molar-refractivity contribution in [2.45, 2.75) is 45.7 Å². The molecule has 0 aliphatic carbocycles. The van der Waals surface area contributed by atoms with Gasteiger partial charge >= 0.3 is 0 Å². The van der Waals surface area contributed by atoms with Gasteiger partial charge in [0, 0.05) is 0 Å². The predicted octanol–water partition coefficient (Wildman–Crippen LogP) is 1.05. The van der Waals surface area contributed by atoms with Gasteiger partial charge in [0.25, 0.3) is 0 Å². The fourth-order valence-corrected chi connectivity index (χ4v) is 2.05. The summed E-state index contributed by atoms with van der Waals surface area (Å²) in [7, 11) is 0. The van der Waals surface area contributed by atoms with Gasteiger partial charge in [-0.15, -0.1) is 0 Å². The second-order valence-corrected chi connectivity index (χ2v) is 4.79. The van der Waals surface area contributed by atoms with Crippen molar-refractivity contribution in [3.8, 4) is 0 Å². The monoisotopic (exact) mass is 237 g/mol. The molecule has 2 rings (SSSR count). The van der Waals surface area contributed by atoms with E-state index in [0.717, 1.165) is 30.8 Å². The van der Waals surface area contributed by atoms with Crippen LogP contribution >= 0.6 is 0 Å². The molecular weight excluding hydrogens is 218 g/mol. The van der Waals surface area contributed by atoms with E-state index < -0.39 is 5.54 Å². The minimum absolute atomic E-state index is 0.0171. The highest BCUT2D eigenvalue weighted by Crippen LogP contribution is 2.18. The van der Waals surface area contributed by atoms with E-state index in [1.165, 1.54) is 0 Å². The largest absolute Gasteiger partial charge is 0.444 e. The summed E-state index contributed by atoms with van der Waals surface area (Å²) in [5.41, 5.74) is 0.441. The Bertz CT molecular complexity index is 400. The lowest BCUT2D eigenvalue weighted by molar-refractivity contribution is -0.126. The number of nitrogens with one attached hydrogen (secondary N) is 2. The molecule has 1 amide bonds. The van der Waals surface area contributed by atoms with Crippen molar-refractivity contribution in [1.29, 1.82) is 0 Å². The zero-order valence-corrected chi connectivity index (χ0v) is 10.6. The number of nitrogens with zero attached hydrogens (tertiary/aromatic N) is 1. The van der Waals surface area contributed by atoms with E-state index in [-0.39, 0.29) is 5.91 Å². The minimum Gasteiger partial charge on any atom is -0.444 e. The van der Waals surface area contributed by atoms with E-state index in [9.17, 15) is 4.79 Å². The zero-order valence-electron chi connectivity index (χ0n) is 10.6. The van der Waals surface area contributed by atoms with Gasteiger partial charge in [0.1, 0.15) is 5.76 Å². The van der Waals surface area contributed by atoms with Crippen molar-refractivity contribution in [3.63, 3.8) is 0 Å². The van der Waals surface area contributed by atoms with Crippen molar-refractivity contribution in [1.82, 2.24) is 15.6 Å². The topological polar surface area (TPSA) is 67.2 Å². The molecule has 1 aliphatic rings. The van der Waals surface area contributed by atoms with Crippen LogP contribution in [0.2, 0.25) is 0 Å². The molecule has 1 aliphatic heterocycles. The van der Waals surface area contributed by atoms with E-state index in [1.54, 1.807) is 0 Å². The van der Waals surface area contributed by atoms with Gasteiger partial charge in [-0.05, 0) is 40.2 Å². The number of hydrogen-bond acceptors (Lipinski definition) is 4. The van der Waals surface area contributed by atoms with Gasteiger partial charge in [0.15, 0.2) is 0 Å². The van der Waals surface area contributed by atoms with Crippen molar-refractivity contribution in [2.24, 2.45) is 0 Å². The SMILES string of the molecule is Cc1nc(CNC(=O)C2(C)CCCN2)oc1C. The summed E-state index contributed by atoms with van der Waals surface area (Å²) < 4.78 is 5.41. The highest BCUT2D eigenvalue weighted by molar-refractivity contribution is 5.86. The molecule has 2 N–H and O–H groups in total. The van der Waals surface area contributed by atoms with Crippen LogP contribution in [-0.4, -0.2) is 23.0 Å². The van der Waals surface area contributed by atoms with E-state index in [1.807, 2.05) is 20.8 Å². The number of aromatic nitrogens is 1. The highest BCUT2D eigenvalue weighted by Gasteiger charge is 2.35. The summed E-state index contributed by atoms with van der Waals surface area (Å²) in [6, 6.07) is 0. The lowest BCUT2D eigenvalue weighted by atomic mass is 9.99. The molecule has 1 atom stereocenters. The van der Waals surface area contributed by atoms with E-state index in [4.69, 9.17) is 4.42 Å². The minimum atomic E-state index is -0.434. The summed E-state index contributed by atoms with van der Waals surface area (Å²) >= 11 is 0. The van der Waals surface area contributed by atoms with E-state index >= 15 is 0 Å². The standard InChI is InChI=1S/C12H19N3O2/c1-8-9(2)17-10(15-8)7-13-11(16)12(3)5-4-6-14-12/h14H,4-7H2,1-3H3,(H,13,16). The van der Waals surface area contributed by atoms with Crippen LogP contribution in [0.25, 0.3) is 0 Å². The fourth-order valence-electron chi connectivity index (χ4n) is 2.05. The van der Waals surface area contributed by atoms with Gasteiger partial charge in [0.05, 0.1) is 17.8 Å². The Morgan fingerprint density at radius 3 is 2.88 bits per heavy atom. The van der Waals surface area contributed by atoms with Crippen LogP contribution < -0.4 is 10.6 Å². The smallest absolute Gasteiger partial charge is 0.240 e. The first-order valence-corrected chi connectivity index (χ1v) is 5.97. The molecule has 1 aromatic rings. The van der Waals surface area contributed by atoms with E-state index in [2.05, 4.69) is 15.6 Å². The number of carbonyl (C=O) groups excluding carboxylic acids is 1. The molecule has 0 aromatic carbocycles. The number of oxazole rings is 1. The molecule has 0 spiro atoms. The lowest BCUT2D eigenvalue weighted by Gasteiger charge is -2.22. The maximum atomic E-state index is 12.0. The molecule has 1 saturated heterocycles. The predicted molar refractivity (Wildman–Crippen MR) is 63.5 cm³/mol. The molecule has 1 aromatic heterocycles. The molecule has 1 fully saturated rings. The third-order valence-corrected chi connectivity index (χ3v) is 3.34. The number of aryl methyl sites for hydroxylation is 2. The quantitative estimate of drug-likeness (QED) is 0.824. The van der Waals surface area contributed by atoms with E-state index in [0.29, 0.717) is 12.4 Å². The number of amides is 1. The van der Waals surface area contributed by atoms with Crippen molar-refractivity contribution < 1.29 is 9.21 Å². The Morgan fingerprint density at radius 2 is 2.35 bits per heavy atom. The fraction of sp³-hybridized carbons (Fsp3) is 0.667. The summed E-state index contributed by atoms with van der Waals surface area (Å²) in [6.45, 7) is 6.95. The molecule has 5 heteroatoms. The van der Waals surface area contributed by atoms with Gasteiger partial charge in [0.2, 0.25) is 11.8 Å². The van der Waals surface area contributed by atoms with Gasteiger partial charge in [-0.2, -0.15) is 0 Å². The van der Waals surface area contributed by atoms with Gasteiger partial charge < -0.3 is 15.1 Å². The average Bonchev–Trinajstić information content (AvgIpc) is 2.85. The second-order valence-electron chi connectivity index (χ2n) is 4.79. The van der Waals surface area contributed by atoms with Gasteiger partial charge in [-0.3, -0.25) is 4.79 Å². The van der Waals surface area contributed by atoms with Crippen molar-refractivity contribution in [2.75, 3.05) is 6.54 Å². The molecule has 0 bridgehead atoms. The third kappa shape index (κ3) is 2.49. The molecule has 5 nitrogen and oxygen atoms in total. The van der Waals surface area contributed by atoms with Crippen LogP contribution in [0.4, 0.5) is 0 Å². The van der Waals surface area contributed by atoms with Crippen LogP contribution in [0, 0.1) is 13.8 Å². The maximum Gasteiger partial charge on any atom is 0.240 e. The first-order valence-electron chi connectivity index (χ1n) is 5.97. The van der Waals surface area contributed by atoms with Crippen molar-refractivity contribution >= 4 is 5.91 Å². The Hall–Kier alpha value is -1.36. The van der Waals surface area contributed by atoms with Crippen molar-refractivity contribution in [3.05, 3.63) is 17.3 Å². The maximum absolute atomic E-state index is 12.0. The van der Waals surface area contributed by atoms with Gasteiger partial charge in [-0.1, -0.05) is 0 Å². The summed E-state index contributed by atoms with van der Waals surface area (Å²) in [4.78, 5) is 16.2. The Morgan fingerprint density at radius 1 is 1.59 bits per heavy atom. The Labute approximate surface area is 101 Å². The summed E-state index contributed by atoms with van der Waals surface area (Å²) in [5, 5.41) is 6.09. The molecule has 0 saturated carbocycles. The first-order chi connectivity index (χ1) is 8.01. The molecule has 0 radical (unpaired) electrons. The normalized spacial score (nSPS) is 23.9. The lowest BCUT2D eigenvalue weighted by Crippen LogP contribution is -2.50. The number of carbonyl (C=O) groups is 1. The second kappa shape index (κ2) is 4.49. The van der Waals surface area contributed by atoms with Crippen LogP contribution in [0.15, 0.2) is 4.42 Å². The molecule has 2 heterocycles. The van der Waals surface area contributed by atoms with Crippen LogP contribution in [0.3, 0.4) is 0 Å². The zero-order chi connectivity index (χ0) is 12.5. The highest BCUT2D eigenvalue weighted by atomic mass is 16.4. The Balaban J connectivity index is 1.92. The Kier molecular flexibility index (Phi) is 3.19. The molecular formula is C12H19N3O2. The summed E-state index contributed by atoms with van der Waals surface area (Å²) in [6.07, 6.45) is 1.92. The molecule has 17 heavy (non-hydrogen) atoms. The van der Waals surface area contributed by atoms with Crippen LogP contribution in [0.5, 0.6) is 0 Å². The third-order valence-electron chi connectivity index (χ3n) is 3.34.